The molecule has 2 N–H and O–H groups in total. The van der Waals surface area contributed by atoms with Gasteiger partial charge in [-0.1, -0.05) is 13.8 Å². The number of rotatable bonds is 3. The molecule has 3 atom stereocenters. The van der Waals surface area contributed by atoms with Crippen LogP contribution in [0, 0.1) is 11.8 Å². The van der Waals surface area contributed by atoms with Crippen molar-refractivity contribution in [2.45, 2.75) is 51.1 Å². The van der Waals surface area contributed by atoms with E-state index in [9.17, 15) is 0 Å². The lowest BCUT2D eigenvalue weighted by Crippen LogP contribution is -2.44. The van der Waals surface area contributed by atoms with Crippen LogP contribution in [0.15, 0.2) is 17.3 Å². The van der Waals surface area contributed by atoms with E-state index in [0.29, 0.717) is 17.5 Å². The summed E-state index contributed by atoms with van der Waals surface area (Å²) in [4.78, 5) is 7.48. The quantitative estimate of drug-likeness (QED) is 0.830. The molecule has 0 radical (unpaired) electrons. The standard InChI is InChI=1S/C15H25N3/c1-11(2)8-15-5-3-7-18(15)14-10-17-13(4-6-16)12(14)9-15/h4,6,11-12,14H,3,5,7-10,16H2,1-2H3. The Hall–Kier alpha value is -0.830. The van der Waals surface area contributed by atoms with Crippen molar-refractivity contribution >= 4 is 5.71 Å². The van der Waals surface area contributed by atoms with Gasteiger partial charge in [0.25, 0.3) is 0 Å². The molecule has 2 saturated heterocycles. The second-order valence-corrected chi connectivity index (χ2v) is 6.62. The zero-order valence-corrected chi connectivity index (χ0v) is 11.6. The molecule has 2 fully saturated rings. The summed E-state index contributed by atoms with van der Waals surface area (Å²) in [5.41, 5.74) is 7.27. The van der Waals surface area contributed by atoms with Gasteiger partial charge >= 0.3 is 0 Å². The Morgan fingerprint density at radius 2 is 2.39 bits per heavy atom. The maximum Gasteiger partial charge on any atom is 0.0555 e. The fraction of sp³-hybridized carbons (Fsp3) is 0.800. The number of allylic oxidation sites excluding steroid dienone is 1. The molecule has 3 heteroatoms. The van der Waals surface area contributed by atoms with Gasteiger partial charge in [0.1, 0.15) is 0 Å². The zero-order chi connectivity index (χ0) is 12.8. The summed E-state index contributed by atoms with van der Waals surface area (Å²) in [6, 6.07) is 0.664. The Labute approximate surface area is 110 Å². The Morgan fingerprint density at radius 1 is 1.56 bits per heavy atom. The van der Waals surface area contributed by atoms with Gasteiger partial charge in [0.15, 0.2) is 0 Å². The highest BCUT2D eigenvalue weighted by atomic mass is 15.3. The lowest BCUT2D eigenvalue weighted by molar-refractivity contribution is 0.129. The molecule has 0 bridgehead atoms. The average Bonchev–Trinajstić information content (AvgIpc) is 2.89. The van der Waals surface area contributed by atoms with Crippen LogP contribution in [0.3, 0.4) is 0 Å². The van der Waals surface area contributed by atoms with Crippen molar-refractivity contribution in [3.05, 3.63) is 12.3 Å². The minimum atomic E-state index is 0.479. The molecule has 18 heavy (non-hydrogen) atoms. The molecule has 0 saturated carbocycles. The summed E-state index contributed by atoms with van der Waals surface area (Å²) < 4.78 is 0. The molecule has 3 heterocycles. The van der Waals surface area contributed by atoms with E-state index in [1.165, 1.54) is 37.9 Å². The minimum absolute atomic E-state index is 0.479. The molecule has 0 amide bonds. The molecule has 0 aliphatic carbocycles. The summed E-state index contributed by atoms with van der Waals surface area (Å²) in [7, 11) is 0. The second kappa shape index (κ2) is 4.37. The van der Waals surface area contributed by atoms with Crippen molar-refractivity contribution in [3.63, 3.8) is 0 Å². The van der Waals surface area contributed by atoms with Crippen molar-refractivity contribution in [1.29, 1.82) is 0 Å². The number of nitrogens with two attached hydrogens (primary N) is 1. The van der Waals surface area contributed by atoms with E-state index in [2.05, 4.69) is 23.7 Å². The lowest BCUT2D eigenvalue weighted by atomic mass is 9.81. The van der Waals surface area contributed by atoms with Gasteiger partial charge in [0, 0.05) is 23.2 Å². The molecular weight excluding hydrogens is 222 g/mol. The molecule has 3 unspecified atom stereocenters. The molecule has 0 aromatic carbocycles. The van der Waals surface area contributed by atoms with Crippen LogP contribution in [0.5, 0.6) is 0 Å². The van der Waals surface area contributed by atoms with Gasteiger partial charge < -0.3 is 5.73 Å². The highest BCUT2D eigenvalue weighted by molar-refractivity contribution is 5.99. The van der Waals surface area contributed by atoms with Crippen LogP contribution in [0.1, 0.15) is 39.5 Å². The van der Waals surface area contributed by atoms with E-state index in [0.717, 1.165) is 12.5 Å². The number of hydrogen-bond donors (Lipinski definition) is 1. The normalized spacial score (nSPS) is 39.6. The van der Waals surface area contributed by atoms with Crippen molar-refractivity contribution in [2.24, 2.45) is 22.6 Å². The molecule has 100 valence electrons. The van der Waals surface area contributed by atoms with Crippen LogP contribution in [0.2, 0.25) is 0 Å². The monoisotopic (exact) mass is 247 g/mol. The third-order valence-corrected chi connectivity index (χ3v) is 5.01. The summed E-state index contributed by atoms with van der Waals surface area (Å²) in [5, 5.41) is 0. The van der Waals surface area contributed by atoms with Gasteiger partial charge in [0.05, 0.1) is 6.54 Å². The molecule has 3 aliphatic rings. The molecule has 3 aliphatic heterocycles. The third kappa shape index (κ3) is 1.71. The first kappa shape index (κ1) is 12.2. The summed E-state index contributed by atoms with van der Waals surface area (Å²) in [6.45, 7) is 6.98. The Balaban J connectivity index is 1.84. The maximum atomic E-state index is 5.55. The predicted molar refractivity (Wildman–Crippen MR) is 75.7 cm³/mol. The van der Waals surface area contributed by atoms with Gasteiger partial charge in [-0.25, -0.2) is 0 Å². The maximum absolute atomic E-state index is 5.55. The molecule has 0 aromatic rings. The zero-order valence-electron chi connectivity index (χ0n) is 11.6. The van der Waals surface area contributed by atoms with E-state index in [1.54, 1.807) is 6.20 Å². The number of aliphatic imine (C=N–C) groups is 1. The molecule has 3 rings (SSSR count). The molecule has 3 nitrogen and oxygen atoms in total. The first-order chi connectivity index (χ1) is 8.66. The van der Waals surface area contributed by atoms with E-state index in [-0.39, 0.29) is 0 Å². The van der Waals surface area contributed by atoms with E-state index >= 15 is 0 Å². The van der Waals surface area contributed by atoms with Crippen molar-refractivity contribution in [3.8, 4) is 0 Å². The summed E-state index contributed by atoms with van der Waals surface area (Å²) in [5.74, 6) is 1.43. The Bertz CT molecular complexity index is 385. The Kier molecular flexibility index (Phi) is 2.97. The van der Waals surface area contributed by atoms with Crippen molar-refractivity contribution in [1.82, 2.24) is 4.90 Å². The highest BCUT2D eigenvalue weighted by Gasteiger charge is 2.55. The first-order valence-electron chi connectivity index (χ1n) is 7.36. The van der Waals surface area contributed by atoms with Crippen LogP contribution in [0.25, 0.3) is 0 Å². The van der Waals surface area contributed by atoms with Gasteiger partial charge in [-0.15, -0.1) is 0 Å². The molecular formula is C15H25N3. The second-order valence-electron chi connectivity index (χ2n) is 6.62. The van der Waals surface area contributed by atoms with Crippen LogP contribution in [-0.2, 0) is 0 Å². The summed E-state index contributed by atoms with van der Waals surface area (Å²) >= 11 is 0. The van der Waals surface area contributed by atoms with E-state index < -0.39 is 0 Å². The predicted octanol–water partition coefficient (Wildman–Crippen LogP) is 2.18. The number of nitrogens with zero attached hydrogens (tertiary/aromatic N) is 2. The van der Waals surface area contributed by atoms with E-state index in [1.807, 2.05) is 6.08 Å². The Morgan fingerprint density at radius 3 is 3.11 bits per heavy atom. The minimum Gasteiger partial charge on any atom is -0.405 e. The SMILES string of the molecule is CC(C)CC12CCCN1C1CN=C(C=CN)C1C2. The van der Waals surface area contributed by atoms with Gasteiger partial charge in [-0.2, -0.15) is 0 Å². The van der Waals surface area contributed by atoms with Crippen LogP contribution >= 0.6 is 0 Å². The number of hydrogen-bond acceptors (Lipinski definition) is 3. The van der Waals surface area contributed by atoms with Gasteiger partial charge in [-0.3, -0.25) is 9.89 Å². The number of fused-ring (bicyclic) bond motifs is 3. The van der Waals surface area contributed by atoms with Crippen molar-refractivity contribution in [2.75, 3.05) is 13.1 Å². The topological polar surface area (TPSA) is 41.6 Å². The molecule has 0 aromatic heterocycles. The van der Waals surface area contributed by atoms with Gasteiger partial charge in [0.2, 0.25) is 0 Å². The van der Waals surface area contributed by atoms with Crippen LogP contribution < -0.4 is 5.73 Å². The van der Waals surface area contributed by atoms with E-state index in [4.69, 9.17) is 5.73 Å². The summed E-state index contributed by atoms with van der Waals surface area (Å²) in [6.07, 6.45) is 9.09. The highest BCUT2D eigenvalue weighted by Crippen LogP contribution is 2.50. The average molecular weight is 247 g/mol. The van der Waals surface area contributed by atoms with Crippen LogP contribution in [-0.4, -0.2) is 35.3 Å². The van der Waals surface area contributed by atoms with Crippen molar-refractivity contribution < 1.29 is 0 Å². The fourth-order valence-corrected chi connectivity index (χ4v) is 4.64. The largest absolute Gasteiger partial charge is 0.405 e. The van der Waals surface area contributed by atoms with Gasteiger partial charge in [-0.05, 0) is 50.4 Å². The smallest absolute Gasteiger partial charge is 0.0555 e. The third-order valence-electron chi connectivity index (χ3n) is 5.01. The first-order valence-corrected chi connectivity index (χ1v) is 7.36. The van der Waals surface area contributed by atoms with Crippen LogP contribution in [0.4, 0.5) is 0 Å². The fourth-order valence-electron chi connectivity index (χ4n) is 4.64. The molecule has 0 spiro atoms. The lowest BCUT2D eigenvalue weighted by Gasteiger charge is -2.36.